The highest BCUT2D eigenvalue weighted by atomic mass is 32.1. The van der Waals surface area contributed by atoms with Crippen molar-refractivity contribution in [3.63, 3.8) is 0 Å². The number of amides is 1. The maximum absolute atomic E-state index is 12.1. The predicted molar refractivity (Wildman–Crippen MR) is 65.8 cm³/mol. The van der Waals surface area contributed by atoms with E-state index in [1.165, 1.54) is 7.11 Å². The van der Waals surface area contributed by atoms with Crippen molar-refractivity contribution in [3.05, 3.63) is 0 Å². The van der Waals surface area contributed by atoms with Gasteiger partial charge < -0.3 is 9.47 Å². The summed E-state index contributed by atoms with van der Waals surface area (Å²) < 4.78 is 9.11. The van der Waals surface area contributed by atoms with E-state index in [0.717, 1.165) is 0 Å². The molecule has 1 saturated heterocycles. The minimum Gasteiger partial charge on any atom is -0.465 e. The minimum absolute atomic E-state index is 0.0601. The fourth-order valence-corrected chi connectivity index (χ4v) is 2.11. The average molecular weight is 276 g/mol. The molecule has 2 atom stereocenters. The van der Waals surface area contributed by atoms with Gasteiger partial charge >= 0.3 is 12.1 Å². The van der Waals surface area contributed by atoms with Gasteiger partial charge in [0.15, 0.2) is 12.3 Å². The molecule has 102 valence electrons. The first-order valence-electron chi connectivity index (χ1n) is 5.54. The molecule has 1 amide bonds. The normalized spacial score (nSPS) is 28.1. The summed E-state index contributed by atoms with van der Waals surface area (Å²) in [4.78, 5) is 35.2. The van der Waals surface area contributed by atoms with E-state index in [0.29, 0.717) is 0 Å². The number of quaternary nitrogens is 1. The third kappa shape index (κ3) is 3.02. The molecule has 1 aliphatic rings. The van der Waals surface area contributed by atoms with Gasteiger partial charge in [0.2, 0.25) is 6.04 Å². The first-order chi connectivity index (χ1) is 8.10. The van der Waals surface area contributed by atoms with Crippen LogP contribution in [0.25, 0.3) is 0 Å². The predicted octanol–water partition coefficient (Wildman–Crippen LogP) is 1.10. The smallest absolute Gasteiger partial charge is 0.465 e. The van der Waals surface area contributed by atoms with Crippen LogP contribution in [-0.4, -0.2) is 47.0 Å². The van der Waals surface area contributed by atoms with Crippen LogP contribution in [0.3, 0.4) is 0 Å². The summed E-state index contributed by atoms with van der Waals surface area (Å²) in [6.07, 6.45) is -0.776. The molecule has 0 aromatic carbocycles. The molecule has 1 heterocycles. The quantitative estimate of drug-likeness (QED) is 0.441. The lowest BCUT2D eigenvalue weighted by molar-refractivity contribution is -0.718. The number of ether oxygens (including phenoxy) is 2. The van der Waals surface area contributed by atoms with Crippen LogP contribution < -0.4 is 0 Å². The van der Waals surface area contributed by atoms with Crippen molar-refractivity contribution < 1.29 is 27.7 Å². The van der Waals surface area contributed by atoms with E-state index in [9.17, 15) is 14.4 Å². The lowest BCUT2D eigenvalue weighted by Gasteiger charge is -2.30. The van der Waals surface area contributed by atoms with Crippen molar-refractivity contribution in [1.82, 2.24) is 0 Å². The van der Waals surface area contributed by atoms with Gasteiger partial charge in [-0.3, -0.25) is 4.79 Å². The van der Waals surface area contributed by atoms with Crippen molar-refractivity contribution in [2.45, 2.75) is 38.8 Å². The number of esters is 1. The molecule has 2 unspecified atom stereocenters. The molecule has 0 N–H and O–H groups in total. The van der Waals surface area contributed by atoms with Crippen molar-refractivity contribution in [1.29, 1.82) is 0 Å². The highest BCUT2D eigenvalue weighted by molar-refractivity contribution is 7.74. The Kier molecular flexibility index (Phi) is 4.07. The summed E-state index contributed by atoms with van der Waals surface area (Å²) in [6, 6.07) is -0.944. The van der Waals surface area contributed by atoms with Gasteiger partial charge in [-0.25, -0.2) is 4.79 Å². The number of nitrogens with zero attached hydrogens (tertiary/aromatic N) is 1. The number of carbonyl (C=O) groups is 3. The summed E-state index contributed by atoms with van der Waals surface area (Å²) in [5.74, 6) is -0.854. The second-order valence-electron chi connectivity index (χ2n) is 5.25. The summed E-state index contributed by atoms with van der Waals surface area (Å²) in [5, 5.41) is 0. The molecule has 7 heteroatoms. The van der Waals surface area contributed by atoms with Gasteiger partial charge in [0.1, 0.15) is 5.60 Å². The summed E-state index contributed by atoms with van der Waals surface area (Å²) in [5.41, 5.74) is -0.711. The average Bonchev–Trinajstić information content (AvgIpc) is 2.52. The third-order valence-corrected chi connectivity index (χ3v) is 3.12. The Morgan fingerprint density at radius 2 is 1.94 bits per heavy atom. The van der Waals surface area contributed by atoms with E-state index in [4.69, 9.17) is 4.74 Å². The molecule has 18 heavy (non-hydrogen) atoms. The maximum Gasteiger partial charge on any atom is 0.529 e. The van der Waals surface area contributed by atoms with E-state index in [2.05, 4.69) is 17.6 Å². The molecule has 0 aliphatic carbocycles. The van der Waals surface area contributed by atoms with Crippen LogP contribution >= 0.6 is 12.8 Å². The summed E-state index contributed by atoms with van der Waals surface area (Å²) in [6.45, 7) is 4.94. The molecule has 0 radical (unpaired) electrons. The van der Waals surface area contributed by atoms with Gasteiger partial charge in [-0.05, 0) is 20.8 Å². The van der Waals surface area contributed by atoms with Crippen molar-refractivity contribution in [2.75, 3.05) is 13.7 Å². The number of rotatable bonds is 1. The SMILES string of the molecule is COC(=O)C1CC(=O)C[N+]1(S)C(=O)OC(C)(C)C. The summed E-state index contributed by atoms with van der Waals surface area (Å²) >= 11 is 4.18. The van der Waals surface area contributed by atoms with Crippen LogP contribution in [0, 0.1) is 0 Å². The Hall–Kier alpha value is -1.08. The van der Waals surface area contributed by atoms with E-state index in [1.807, 2.05) is 0 Å². The van der Waals surface area contributed by atoms with Crippen LogP contribution in [0.5, 0.6) is 0 Å². The van der Waals surface area contributed by atoms with Crippen LogP contribution in [0.15, 0.2) is 0 Å². The molecular weight excluding hydrogens is 258 g/mol. The standard InChI is InChI=1S/C11H18NO5S/c1-11(2,3)17-10(15)12(18)6-7(13)5-8(12)9(14)16-4/h8,18H,5-6H2,1-4H3/q+1. The van der Waals surface area contributed by atoms with E-state index in [1.54, 1.807) is 20.8 Å². The molecule has 1 aliphatic heterocycles. The topological polar surface area (TPSA) is 69.7 Å². The number of carbonyl (C=O) groups excluding carboxylic acids is 3. The first-order valence-corrected chi connectivity index (χ1v) is 5.94. The van der Waals surface area contributed by atoms with Gasteiger partial charge in [-0.1, -0.05) is 0 Å². The number of hydrogen-bond acceptors (Lipinski definition) is 6. The van der Waals surface area contributed by atoms with Gasteiger partial charge in [0.05, 0.1) is 26.3 Å². The van der Waals surface area contributed by atoms with Crippen LogP contribution in [0.2, 0.25) is 0 Å². The number of methoxy groups -OCH3 is 1. The van der Waals surface area contributed by atoms with Gasteiger partial charge in [-0.15, -0.1) is 3.89 Å². The second-order valence-corrected chi connectivity index (χ2v) is 5.96. The fourth-order valence-electron chi connectivity index (χ4n) is 1.74. The van der Waals surface area contributed by atoms with E-state index < -0.39 is 27.6 Å². The highest BCUT2D eigenvalue weighted by Crippen LogP contribution is 2.31. The van der Waals surface area contributed by atoms with E-state index in [-0.39, 0.29) is 18.7 Å². The highest BCUT2D eigenvalue weighted by Gasteiger charge is 2.57. The number of likely N-dealkylation sites (tertiary alicyclic amines) is 1. The number of ketones is 1. The van der Waals surface area contributed by atoms with Crippen molar-refractivity contribution in [3.8, 4) is 0 Å². The minimum atomic E-state index is -0.944. The van der Waals surface area contributed by atoms with Crippen LogP contribution in [-0.2, 0) is 19.1 Å². The second kappa shape index (κ2) is 4.89. The monoisotopic (exact) mass is 276 g/mol. The third-order valence-electron chi connectivity index (χ3n) is 2.54. The Labute approximate surface area is 111 Å². The van der Waals surface area contributed by atoms with Crippen molar-refractivity contribution >= 4 is 30.7 Å². The van der Waals surface area contributed by atoms with Gasteiger partial charge in [0, 0.05) is 0 Å². The number of thiol groups is 1. The molecular formula is C11H18NO5S+. The van der Waals surface area contributed by atoms with Gasteiger partial charge in [-0.2, -0.15) is 4.79 Å². The maximum atomic E-state index is 12.1. The molecule has 0 spiro atoms. The molecule has 1 rings (SSSR count). The van der Waals surface area contributed by atoms with Crippen LogP contribution in [0.1, 0.15) is 27.2 Å². The zero-order chi connectivity index (χ0) is 14.1. The molecule has 0 aromatic rings. The Morgan fingerprint density at radius 1 is 1.39 bits per heavy atom. The number of Topliss-reactive ketones (excluding diaryl/α,β-unsaturated/α-hetero) is 1. The molecule has 0 bridgehead atoms. The lowest BCUT2D eigenvalue weighted by Crippen LogP contribution is -2.53. The molecule has 0 aromatic heterocycles. The Balaban J connectivity index is 2.97. The lowest BCUT2D eigenvalue weighted by atomic mass is 10.2. The van der Waals surface area contributed by atoms with Crippen molar-refractivity contribution in [2.24, 2.45) is 0 Å². The zero-order valence-corrected chi connectivity index (χ0v) is 11.8. The number of hydrogen-bond donors (Lipinski definition) is 1. The Bertz CT molecular complexity index is 389. The Morgan fingerprint density at radius 3 is 2.39 bits per heavy atom. The largest absolute Gasteiger partial charge is 0.529 e. The fraction of sp³-hybridized carbons (Fsp3) is 0.727. The first kappa shape index (κ1) is 15.0. The van der Waals surface area contributed by atoms with E-state index >= 15 is 0 Å². The van der Waals surface area contributed by atoms with Crippen LogP contribution in [0.4, 0.5) is 4.79 Å². The molecule has 1 fully saturated rings. The van der Waals surface area contributed by atoms with Gasteiger partial charge in [0.25, 0.3) is 0 Å². The summed E-state index contributed by atoms with van der Waals surface area (Å²) in [7, 11) is 1.21. The molecule has 6 nitrogen and oxygen atoms in total. The molecule has 0 saturated carbocycles. The zero-order valence-electron chi connectivity index (χ0n) is 10.9.